The Labute approximate surface area is 138 Å². The Kier molecular flexibility index (Phi) is 5.24. The van der Waals surface area contributed by atoms with Crippen molar-refractivity contribution >= 4 is 11.9 Å². The van der Waals surface area contributed by atoms with E-state index in [4.69, 9.17) is 4.74 Å². The molecule has 0 bridgehead atoms. The van der Waals surface area contributed by atoms with E-state index in [0.717, 1.165) is 57.5 Å². The normalized spacial score (nSPS) is 37.2. The van der Waals surface area contributed by atoms with Gasteiger partial charge in [0.05, 0.1) is 17.9 Å². The van der Waals surface area contributed by atoms with Gasteiger partial charge in [0, 0.05) is 19.2 Å². The highest BCUT2D eigenvalue weighted by Gasteiger charge is 2.45. The number of nitrogens with zero attached hydrogens (tertiary/aromatic N) is 1. The van der Waals surface area contributed by atoms with Crippen molar-refractivity contribution in [3.63, 3.8) is 0 Å². The SMILES string of the molecule is CC1CCC(N(CC2CCCO2)C(=O)C2CCC2C(=O)O)CC1. The van der Waals surface area contributed by atoms with Crippen LogP contribution >= 0.6 is 0 Å². The van der Waals surface area contributed by atoms with Gasteiger partial charge in [-0.3, -0.25) is 9.59 Å². The van der Waals surface area contributed by atoms with Gasteiger partial charge in [-0.25, -0.2) is 0 Å². The number of hydrogen-bond donors (Lipinski definition) is 1. The van der Waals surface area contributed by atoms with Crippen LogP contribution in [-0.2, 0) is 14.3 Å². The molecule has 5 nitrogen and oxygen atoms in total. The zero-order valence-corrected chi connectivity index (χ0v) is 14.1. The van der Waals surface area contributed by atoms with Crippen molar-refractivity contribution in [1.82, 2.24) is 4.90 Å². The summed E-state index contributed by atoms with van der Waals surface area (Å²) in [5, 5.41) is 9.27. The average Bonchev–Trinajstić information content (AvgIpc) is 2.97. The molecule has 1 aliphatic heterocycles. The molecule has 1 saturated heterocycles. The lowest BCUT2D eigenvalue weighted by Gasteiger charge is -2.42. The fraction of sp³-hybridized carbons (Fsp3) is 0.889. The molecule has 23 heavy (non-hydrogen) atoms. The van der Waals surface area contributed by atoms with Gasteiger partial charge in [0.25, 0.3) is 0 Å². The lowest BCUT2D eigenvalue weighted by atomic mass is 9.72. The molecule has 1 N–H and O–H groups in total. The van der Waals surface area contributed by atoms with E-state index >= 15 is 0 Å². The summed E-state index contributed by atoms with van der Waals surface area (Å²) >= 11 is 0. The van der Waals surface area contributed by atoms with E-state index in [1.807, 2.05) is 4.90 Å². The lowest BCUT2D eigenvalue weighted by Crippen LogP contribution is -2.52. The van der Waals surface area contributed by atoms with E-state index in [-0.39, 0.29) is 24.0 Å². The van der Waals surface area contributed by atoms with E-state index in [1.165, 1.54) is 0 Å². The van der Waals surface area contributed by atoms with Gasteiger partial charge in [0.15, 0.2) is 0 Å². The average molecular weight is 323 g/mol. The number of carboxylic acids is 1. The van der Waals surface area contributed by atoms with Gasteiger partial charge in [0.2, 0.25) is 5.91 Å². The number of ether oxygens (including phenoxy) is 1. The monoisotopic (exact) mass is 323 g/mol. The fourth-order valence-corrected chi connectivity index (χ4v) is 4.29. The van der Waals surface area contributed by atoms with E-state index in [1.54, 1.807) is 0 Å². The maximum absolute atomic E-state index is 13.0. The molecule has 3 aliphatic rings. The van der Waals surface area contributed by atoms with Gasteiger partial charge in [-0.15, -0.1) is 0 Å². The maximum Gasteiger partial charge on any atom is 0.307 e. The minimum atomic E-state index is -0.816. The number of aliphatic carboxylic acids is 1. The quantitative estimate of drug-likeness (QED) is 0.845. The van der Waals surface area contributed by atoms with Crippen molar-refractivity contribution in [3.05, 3.63) is 0 Å². The number of carboxylic acid groups (broad SMARTS) is 1. The number of rotatable bonds is 5. The molecular formula is C18H29NO4. The van der Waals surface area contributed by atoms with Gasteiger partial charge in [-0.1, -0.05) is 6.92 Å². The molecule has 3 unspecified atom stereocenters. The van der Waals surface area contributed by atoms with Crippen LogP contribution in [0.5, 0.6) is 0 Å². The Hall–Kier alpha value is -1.10. The predicted octanol–water partition coefficient (Wildman–Crippen LogP) is 2.68. The Morgan fingerprint density at radius 1 is 1.04 bits per heavy atom. The van der Waals surface area contributed by atoms with Crippen LogP contribution in [0.3, 0.4) is 0 Å². The zero-order valence-electron chi connectivity index (χ0n) is 14.1. The van der Waals surface area contributed by atoms with Crippen molar-refractivity contribution in [2.45, 2.75) is 70.4 Å². The predicted molar refractivity (Wildman–Crippen MR) is 86.0 cm³/mol. The first-order valence-corrected chi connectivity index (χ1v) is 9.21. The second kappa shape index (κ2) is 7.20. The highest BCUT2D eigenvalue weighted by atomic mass is 16.5. The zero-order chi connectivity index (χ0) is 16.4. The van der Waals surface area contributed by atoms with E-state index < -0.39 is 11.9 Å². The van der Waals surface area contributed by atoms with Gasteiger partial charge < -0.3 is 14.7 Å². The molecular weight excluding hydrogens is 294 g/mol. The van der Waals surface area contributed by atoms with E-state index in [0.29, 0.717) is 13.0 Å². The molecule has 5 heteroatoms. The summed E-state index contributed by atoms with van der Waals surface area (Å²) in [6.07, 6.45) is 7.99. The van der Waals surface area contributed by atoms with Crippen LogP contribution in [-0.4, -0.2) is 47.2 Å². The molecule has 1 heterocycles. The van der Waals surface area contributed by atoms with Crippen molar-refractivity contribution in [1.29, 1.82) is 0 Å². The maximum atomic E-state index is 13.0. The summed E-state index contributed by atoms with van der Waals surface area (Å²) in [7, 11) is 0. The molecule has 3 rings (SSSR count). The van der Waals surface area contributed by atoms with Gasteiger partial charge >= 0.3 is 5.97 Å². The topological polar surface area (TPSA) is 66.8 Å². The highest BCUT2D eigenvalue weighted by Crippen LogP contribution is 2.38. The molecule has 1 amide bonds. The van der Waals surface area contributed by atoms with Crippen LogP contribution < -0.4 is 0 Å². The number of carbonyl (C=O) groups is 2. The molecule has 2 saturated carbocycles. The molecule has 2 aliphatic carbocycles. The molecule has 0 aromatic heterocycles. The summed E-state index contributed by atoms with van der Waals surface area (Å²) < 4.78 is 5.74. The first-order valence-electron chi connectivity index (χ1n) is 9.21. The van der Waals surface area contributed by atoms with Gasteiger partial charge in [-0.05, 0) is 57.3 Å². The largest absolute Gasteiger partial charge is 0.481 e. The molecule has 0 spiro atoms. The summed E-state index contributed by atoms with van der Waals surface area (Å²) in [5.74, 6) is -0.797. The lowest BCUT2D eigenvalue weighted by molar-refractivity contribution is -0.159. The number of amides is 1. The Morgan fingerprint density at radius 2 is 1.74 bits per heavy atom. The van der Waals surface area contributed by atoms with Crippen molar-refractivity contribution in [2.24, 2.45) is 17.8 Å². The van der Waals surface area contributed by atoms with Crippen molar-refractivity contribution < 1.29 is 19.4 Å². The van der Waals surface area contributed by atoms with Crippen molar-refractivity contribution in [3.8, 4) is 0 Å². The fourth-order valence-electron chi connectivity index (χ4n) is 4.29. The number of hydrogen-bond acceptors (Lipinski definition) is 3. The Balaban J connectivity index is 1.68. The molecule has 0 aromatic rings. The summed E-state index contributed by atoms with van der Waals surface area (Å²) in [4.78, 5) is 26.3. The minimum Gasteiger partial charge on any atom is -0.481 e. The standard InChI is InChI=1S/C18H29NO4/c1-12-4-6-13(7-5-12)19(11-14-3-2-10-23-14)17(20)15-8-9-16(15)18(21)22/h12-16H,2-11H2,1H3,(H,21,22). The van der Waals surface area contributed by atoms with Crippen LogP contribution in [0.2, 0.25) is 0 Å². The van der Waals surface area contributed by atoms with E-state index in [2.05, 4.69) is 6.92 Å². The Morgan fingerprint density at radius 3 is 2.26 bits per heavy atom. The third kappa shape index (κ3) is 3.70. The van der Waals surface area contributed by atoms with Crippen LogP contribution in [0.1, 0.15) is 58.3 Å². The Bertz CT molecular complexity index is 438. The molecule has 3 fully saturated rings. The van der Waals surface area contributed by atoms with Gasteiger partial charge in [-0.2, -0.15) is 0 Å². The second-order valence-corrected chi connectivity index (χ2v) is 7.67. The summed E-state index contributed by atoms with van der Waals surface area (Å²) in [6, 6.07) is 0.276. The van der Waals surface area contributed by atoms with Crippen molar-refractivity contribution in [2.75, 3.05) is 13.2 Å². The molecule has 0 radical (unpaired) electrons. The minimum absolute atomic E-state index is 0.0682. The smallest absolute Gasteiger partial charge is 0.307 e. The first kappa shape index (κ1) is 16.7. The number of carbonyl (C=O) groups excluding carboxylic acids is 1. The van der Waals surface area contributed by atoms with Crippen LogP contribution in [0, 0.1) is 17.8 Å². The van der Waals surface area contributed by atoms with Gasteiger partial charge in [0.1, 0.15) is 0 Å². The second-order valence-electron chi connectivity index (χ2n) is 7.67. The highest BCUT2D eigenvalue weighted by molar-refractivity contribution is 5.86. The summed E-state index contributed by atoms with van der Waals surface area (Å²) in [5.41, 5.74) is 0. The van der Waals surface area contributed by atoms with E-state index in [9.17, 15) is 14.7 Å². The van der Waals surface area contributed by atoms with Crippen LogP contribution in [0.15, 0.2) is 0 Å². The molecule has 0 aromatic carbocycles. The van der Waals surface area contributed by atoms with Crippen LogP contribution in [0.25, 0.3) is 0 Å². The van der Waals surface area contributed by atoms with Crippen LogP contribution in [0.4, 0.5) is 0 Å². The molecule has 130 valence electrons. The molecule has 3 atom stereocenters. The third-order valence-electron chi connectivity index (χ3n) is 6.04. The summed E-state index contributed by atoms with van der Waals surface area (Å²) in [6.45, 7) is 3.71. The first-order chi connectivity index (χ1) is 11.1. The third-order valence-corrected chi connectivity index (χ3v) is 6.04.